The van der Waals surface area contributed by atoms with Gasteiger partial charge in [-0.1, -0.05) is 24.3 Å². The predicted octanol–water partition coefficient (Wildman–Crippen LogP) is 6.10. The molecule has 47 heavy (non-hydrogen) atoms. The number of pyridine rings is 1. The predicted molar refractivity (Wildman–Crippen MR) is 178 cm³/mol. The molecule has 4 aromatic rings. The number of aromatic nitrogens is 1. The lowest BCUT2D eigenvalue weighted by atomic mass is 9.96. The average Bonchev–Trinajstić information content (AvgIpc) is 3.60. The number of rotatable bonds is 12. The number of carbonyl (C=O) groups is 3. The monoisotopic (exact) mass is 657 g/mol. The lowest BCUT2D eigenvalue weighted by Gasteiger charge is -2.33. The Morgan fingerprint density at radius 1 is 1.00 bits per heavy atom. The highest BCUT2D eigenvalue weighted by Gasteiger charge is 2.26. The summed E-state index contributed by atoms with van der Waals surface area (Å²) in [6.07, 6.45) is -1.10. The van der Waals surface area contributed by atoms with E-state index in [-0.39, 0.29) is 42.6 Å². The molecule has 0 saturated heterocycles. The number of hydrogen-bond donors (Lipinski definition) is 3. The maximum absolute atomic E-state index is 13.4. The molecule has 0 spiro atoms. The second-order valence-corrected chi connectivity index (χ2v) is 12.1. The first-order valence-electron chi connectivity index (χ1n) is 14.5. The van der Waals surface area contributed by atoms with Crippen LogP contribution in [0.1, 0.15) is 46.4 Å². The van der Waals surface area contributed by atoms with Crippen LogP contribution in [0, 0.1) is 11.3 Å². The zero-order chi connectivity index (χ0) is 34.1. The highest BCUT2D eigenvalue weighted by atomic mass is 32.1. The molecule has 0 radical (unpaired) electrons. The Kier molecular flexibility index (Phi) is 11.1. The highest BCUT2D eigenvalue weighted by Crippen LogP contribution is 2.37. The molecule has 13 heteroatoms. The lowest BCUT2D eigenvalue weighted by Crippen LogP contribution is -2.48. The summed E-state index contributed by atoms with van der Waals surface area (Å²) in [5.74, 6) is -0.169. The van der Waals surface area contributed by atoms with Crippen LogP contribution in [0.5, 0.6) is 11.5 Å². The van der Waals surface area contributed by atoms with Crippen LogP contribution in [-0.4, -0.2) is 72.5 Å². The minimum absolute atomic E-state index is 0.0148. The van der Waals surface area contributed by atoms with Gasteiger partial charge in [-0.25, -0.2) is 9.78 Å². The molecular weight excluding hydrogens is 622 g/mol. The van der Waals surface area contributed by atoms with E-state index in [9.17, 15) is 24.8 Å². The van der Waals surface area contributed by atoms with Gasteiger partial charge in [-0.3, -0.25) is 9.59 Å². The summed E-state index contributed by atoms with van der Waals surface area (Å²) < 4.78 is 16.3. The number of carboxylic acid groups (broad SMARTS) is 1. The standard InChI is InChI=1S/C34H35N5O7S/c1-34(2,3)39(33(42)43)15-14-36-31(40)24-17-21(12-13-27(24)45-5)23-18-26(22-9-6-7-10-28(22)46-20-44-4)37-30(25(23)19-35)38-32(41)29-11-8-16-47-29/h6-13,16-18H,14-15,20H2,1-5H3,(H,36,40)(H,42,43)(H,37,38,41). The Morgan fingerprint density at radius 2 is 1.77 bits per heavy atom. The summed E-state index contributed by atoms with van der Waals surface area (Å²) in [6.45, 7) is 5.41. The smallest absolute Gasteiger partial charge is 0.407 e. The number of nitrogens with one attached hydrogen (secondary N) is 2. The third-order valence-electron chi connectivity index (χ3n) is 7.02. The fourth-order valence-corrected chi connectivity index (χ4v) is 5.38. The minimum Gasteiger partial charge on any atom is -0.496 e. The van der Waals surface area contributed by atoms with Crippen molar-refractivity contribution in [3.63, 3.8) is 0 Å². The minimum atomic E-state index is -1.10. The third kappa shape index (κ3) is 8.23. The molecule has 0 aliphatic rings. The topological polar surface area (TPSA) is 163 Å². The number of nitriles is 1. The number of ether oxygens (including phenoxy) is 3. The van der Waals surface area contributed by atoms with Gasteiger partial charge in [0.2, 0.25) is 0 Å². The Hall–Kier alpha value is -5.45. The van der Waals surface area contributed by atoms with Crippen molar-refractivity contribution >= 4 is 35.1 Å². The van der Waals surface area contributed by atoms with Crippen LogP contribution < -0.4 is 20.1 Å². The van der Waals surface area contributed by atoms with Gasteiger partial charge in [-0.15, -0.1) is 11.3 Å². The summed E-state index contributed by atoms with van der Waals surface area (Å²) in [5.41, 5.74) is 1.41. The number of thiophene rings is 1. The zero-order valence-corrected chi connectivity index (χ0v) is 27.4. The average molecular weight is 658 g/mol. The second-order valence-electron chi connectivity index (χ2n) is 11.1. The van der Waals surface area contributed by atoms with Gasteiger partial charge in [0, 0.05) is 36.9 Å². The van der Waals surface area contributed by atoms with Crippen molar-refractivity contribution < 1.29 is 33.7 Å². The Morgan fingerprint density at radius 3 is 2.40 bits per heavy atom. The molecule has 0 aliphatic heterocycles. The van der Waals surface area contributed by atoms with Crippen molar-refractivity contribution in [3.05, 3.63) is 82.0 Å². The maximum atomic E-state index is 13.4. The maximum Gasteiger partial charge on any atom is 0.407 e. The van der Waals surface area contributed by atoms with Crippen LogP contribution in [-0.2, 0) is 4.74 Å². The molecule has 0 unspecified atom stereocenters. The first-order chi connectivity index (χ1) is 22.5. The van der Waals surface area contributed by atoms with E-state index in [2.05, 4.69) is 21.7 Å². The van der Waals surface area contributed by atoms with Crippen LogP contribution in [0.25, 0.3) is 22.4 Å². The molecule has 3 amide bonds. The number of methoxy groups -OCH3 is 2. The molecule has 2 aromatic carbocycles. The van der Waals surface area contributed by atoms with Gasteiger partial charge in [0.25, 0.3) is 11.8 Å². The molecule has 0 fully saturated rings. The number of carbonyl (C=O) groups excluding carboxylic acids is 2. The number of nitrogens with zero attached hydrogens (tertiary/aromatic N) is 3. The molecule has 2 heterocycles. The van der Waals surface area contributed by atoms with Crippen molar-refractivity contribution in [1.29, 1.82) is 5.26 Å². The fourth-order valence-electron chi connectivity index (χ4n) is 4.77. The van der Waals surface area contributed by atoms with E-state index in [0.29, 0.717) is 33.0 Å². The highest BCUT2D eigenvalue weighted by molar-refractivity contribution is 7.12. The molecule has 244 valence electrons. The molecule has 12 nitrogen and oxygen atoms in total. The van der Waals surface area contributed by atoms with Crippen molar-refractivity contribution in [2.75, 3.05) is 39.4 Å². The van der Waals surface area contributed by atoms with Gasteiger partial charge < -0.3 is 34.9 Å². The zero-order valence-electron chi connectivity index (χ0n) is 26.6. The van der Waals surface area contributed by atoms with E-state index >= 15 is 0 Å². The molecule has 0 atom stereocenters. The summed E-state index contributed by atoms with van der Waals surface area (Å²) >= 11 is 1.25. The van der Waals surface area contributed by atoms with Gasteiger partial charge in [0.05, 0.1) is 23.2 Å². The van der Waals surface area contributed by atoms with Gasteiger partial charge in [0.1, 0.15) is 23.1 Å². The summed E-state index contributed by atoms with van der Waals surface area (Å²) in [6, 6.07) is 19.3. The largest absolute Gasteiger partial charge is 0.496 e. The molecular formula is C34H35N5O7S. The first kappa shape index (κ1) is 34.4. The number of amides is 3. The summed E-state index contributed by atoms with van der Waals surface area (Å²) in [4.78, 5) is 44.6. The number of anilines is 1. The van der Waals surface area contributed by atoms with Crippen molar-refractivity contribution in [2.24, 2.45) is 0 Å². The second kappa shape index (κ2) is 15.2. The van der Waals surface area contributed by atoms with Crippen molar-refractivity contribution in [3.8, 4) is 40.0 Å². The number of para-hydroxylation sites is 1. The lowest BCUT2D eigenvalue weighted by molar-refractivity contribution is 0.0515. The quantitative estimate of drug-likeness (QED) is 0.153. The number of benzene rings is 2. The van der Waals surface area contributed by atoms with E-state index in [1.54, 1.807) is 86.8 Å². The van der Waals surface area contributed by atoms with Crippen LogP contribution >= 0.6 is 11.3 Å². The fraction of sp³-hybridized carbons (Fsp3) is 0.265. The molecule has 3 N–H and O–H groups in total. The van der Waals surface area contributed by atoms with E-state index in [0.717, 1.165) is 0 Å². The van der Waals surface area contributed by atoms with Crippen molar-refractivity contribution in [1.82, 2.24) is 15.2 Å². The van der Waals surface area contributed by atoms with Crippen LogP contribution in [0.2, 0.25) is 0 Å². The van der Waals surface area contributed by atoms with E-state index in [1.165, 1.54) is 30.5 Å². The van der Waals surface area contributed by atoms with Crippen LogP contribution in [0.3, 0.4) is 0 Å². The Balaban J connectivity index is 1.80. The Labute approximate surface area is 276 Å². The van der Waals surface area contributed by atoms with Gasteiger partial charge in [0.15, 0.2) is 12.6 Å². The summed E-state index contributed by atoms with van der Waals surface area (Å²) in [7, 11) is 2.93. The normalized spacial score (nSPS) is 10.9. The SMILES string of the molecule is COCOc1ccccc1-c1cc(-c2ccc(OC)c(C(=O)NCCN(C(=O)O)C(C)(C)C)c2)c(C#N)c(NC(=O)c2cccs2)n1. The Bertz CT molecular complexity index is 1800. The molecule has 2 aromatic heterocycles. The number of hydrogen-bond acceptors (Lipinski definition) is 9. The third-order valence-corrected chi connectivity index (χ3v) is 7.89. The molecule has 0 aliphatic carbocycles. The van der Waals surface area contributed by atoms with E-state index < -0.39 is 23.4 Å². The van der Waals surface area contributed by atoms with Gasteiger partial charge >= 0.3 is 6.09 Å². The van der Waals surface area contributed by atoms with E-state index in [1.807, 2.05) is 0 Å². The van der Waals surface area contributed by atoms with Gasteiger partial charge in [-0.2, -0.15) is 5.26 Å². The van der Waals surface area contributed by atoms with Crippen LogP contribution in [0.4, 0.5) is 10.6 Å². The van der Waals surface area contributed by atoms with Crippen LogP contribution in [0.15, 0.2) is 66.0 Å². The molecule has 0 bridgehead atoms. The van der Waals surface area contributed by atoms with E-state index in [4.69, 9.17) is 14.2 Å². The molecule has 0 saturated carbocycles. The van der Waals surface area contributed by atoms with Crippen molar-refractivity contribution in [2.45, 2.75) is 26.3 Å². The van der Waals surface area contributed by atoms with Gasteiger partial charge in [-0.05, 0) is 68.1 Å². The summed E-state index contributed by atoms with van der Waals surface area (Å²) in [5, 5.41) is 27.3. The first-order valence-corrected chi connectivity index (χ1v) is 15.3. The molecule has 4 rings (SSSR count).